The molecule has 128 valence electrons. The summed E-state index contributed by atoms with van der Waals surface area (Å²) in [5, 5.41) is 6.96. The number of carbonyl (C=O) groups is 1. The Balaban J connectivity index is 2.02. The van der Waals surface area contributed by atoms with Gasteiger partial charge in [-0.2, -0.15) is 5.10 Å². The quantitative estimate of drug-likeness (QED) is 0.686. The van der Waals surface area contributed by atoms with Crippen LogP contribution in [0.5, 0.6) is 0 Å². The third-order valence-electron chi connectivity index (χ3n) is 3.76. The van der Waals surface area contributed by atoms with Crippen molar-refractivity contribution in [2.75, 3.05) is 5.32 Å². The van der Waals surface area contributed by atoms with Gasteiger partial charge in [0.05, 0.1) is 11.3 Å². The largest absolute Gasteiger partial charge is 0.306 e. The van der Waals surface area contributed by atoms with Crippen molar-refractivity contribution in [2.24, 2.45) is 7.05 Å². The molecule has 0 aliphatic carbocycles. The van der Waals surface area contributed by atoms with E-state index in [9.17, 15) is 13.6 Å². The van der Waals surface area contributed by atoms with Gasteiger partial charge in [-0.25, -0.2) is 8.78 Å². The molecule has 0 fully saturated rings. The highest BCUT2D eigenvalue weighted by Gasteiger charge is 2.20. The van der Waals surface area contributed by atoms with E-state index in [1.807, 2.05) is 31.2 Å². The molecular weight excluding hydrogens is 392 g/mol. The summed E-state index contributed by atoms with van der Waals surface area (Å²) in [6, 6.07) is 10.3. The average molecular weight is 406 g/mol. The first-order chi connectivity index (χ1) is 11.9. The maximum atomic E-state index is 13.8. The number of aryl methyl sites for hydroxylation is 2. The molecule has 4 nitrogen and oxygen atoms in total. The Hall–Kier alpha value is -2.54. The molecule has 1 amide bonds. The van der Waals surface area contributed by atoms with Crippen LogP contribution in [0.2, 0.25) is 0 Å². The second-order valence-corrected chi connectivity index (χ2v) is 6.43. The number of rotatable bonds is 3. The van der Waals surface area contributed by atoms with Gasteiger partial charge in [0.2, 0.25) is 0 Å². The fourth-order valence-electron chi connectivity index (χ4n) is 2.61. The highest BCUT2D eigenvalue weighted by Crippen LogP contribution is 2.32. The van der Waals surface area contributed by atoms with E-state index in [0.717, 1.165) is 33.8 Å². The summed E-state index contributed by atoms with van der Waals surface area (Å²) in [6.07, 6.45) is 0. The Kier molecular flexibility index (Phi) is 4.67. The first kappa shape index (κ1) is 17.3. The molecule has 1 N–H and O–H groups in total. The SMILES string of the molecule is Cc1nn(C)c(NC(=O)c2cc(F)ccc2F)c1-c1ccc(Br)cc1. The molecule has 0 aliphatic rings. The van der Waals surface area contributed by atoms with E-state index < -0.39 is 17.5 Å². The van der Waals surface area contributed by atoms with Crippen LogP contribution in [0.3, 0.4) is 0 Å². The van der Waals surface area contributed by atoms with Crippen molar-refractivity contribution >= 4 is 27.7 Å². The van der Waals surface area contributed by atoms with E-state index in [4.69, 9.17) is 0 Å². The van der Waals surface area contributed by atoms with Crippen molar-refractivity contribution in [3.8, 4) is 11.1 Å². The van der Waals surface area contributed by atoms with Gasteiger partial charge in [0.1, 0.15) is 17.5 Å². The lowest BCUT2D eigenvalue weighted by atomic mass is 10.1. The molecule has 1 aromatic heterocycles. The van der Waals surface area contributed by atoms with Gasteiger partial charge in [0, 0.05) is 17.1 Å². The number of aromatic nitrogens is 2. The monoisotopic (exact) mass is 405 g/mol. The fourth-order valence-corrected chi connectivity index (χ4v) is 2.87. The standard InChI is InChI=1S/C18H14BrF2N3O/c1-10-16(11-3-5-12(19)6-4-11)17(24(2)23-10)22-18(25)14-9-13(20)7-8-15(14)21/h3-9H,1-2H3,(H,22,25). The molecule has 0 atom stereocenters. The molecule has 0 aliphatic heterocycles. The smallest absolute Gasteiger partial charge is 0.259 e. The lowest BCUT2D eigenvalue weighted by Crippen LogP contribution is -2.17. The minimum atomic E-state index is -0.789. The van der Waals surface area contributed by atoms with Gasteiger partial charge >= 0.3 is 0 Å². The van der Waals surface area contributed by atoms with Gasteiger partial charge in [0.25, 0.3) is 5.91 Å². The maximum absolute atomic E-state index is 13.8. The fraction of sp³-hybridized carbons (Fsp3) is 0.111. The van der Waals surface area contributed by atoms with Crippen LogP contribution in [0.1, 0.15) is 16.1 Å². The predicted octanol–water partition coefficient (Wildman–Crippen LogP) is 4.69. The first-order valence-corrected chi connectivity index (χ1v) is 8.22. The zero-order chi connectivity index (χ0) is 18.1. The Morgan fingerprint density at radius 1 is 1.16 bits per heavy atom. The maximum Gasteiger partial charge on any atom is 0.259 e. The minimum Gasteiger partial charge on any atom is -0.306 e. The van der Waals surface area contributed by atoms with E-state index in [2.05, 4.69) is 26.3 Å². The summed E-state index contributed by atoms with van der Waals surface area (Å²) in [4.78, 5) is 12.4. The van der Waals surface area contributed by atoms with Crippen LogP contribution < -0.4 is 5.32 Å². The van der Waals surface area contributed by atoms with Gasteiger partial charge in [-0.15, -0.1) is 0 Å². The van der Waals surface area contributed by atoms with Crippen LogP contribution in [0.4, 0.5) is 14.6 Å². The lowest BCUT2D eigenvalue weighted by molar-refractivity contribution is 0.102. The molecule has 3 aromatic rings. The van der Waals surface area contributed by atoms with Crippen LogP contribution in [-0.4, -0.2) is 15.7 Å². The van der Waals surface area contributed by atoms with Gasteiger partial charge in [-0.05, 0) is 42.8 Å². The average Bonchev–Trinajstić information content (AvgIpc) is 2.84. The third-order valence-corrected chi connectivity index (χ3v) is 4.29. The molecule has 0 saturated carbocycles. The summed E-state index contributed by atoms with van der Waals surface area (Å²) in [5.74, 6) is -1.80. The topological polar surface area (TPSA) is 46.9 Å². The third kappa shape index (κ3) is 3.46. The van der Waals surface area contributed by atoms with E-state index in [1.165, 1.54) is 4.68 Å². The summed E-state index contributed by atoms with van der Waals surface area (Å²) < 4.78 is 29.6. The molecule has 3 rings (SSSR count). The van der Waals surface area contributed by atoms with E-state index in [1.54, 1.807) is 7.05 Å². The molecule has 7 heteroatoms. The van der Waals surface area contributed by atoms with Gasteiger partial charge in [-0.3, -0.25) is 9.48 Å². The zero-order valence-electron chi connectivity index (χ0n) is 13.5. The Morgan fingerprint density at radius 3 is 2.52 bits per heavy atom. The van der Waals surface area contributed by atoms with Crippen LogP contribution in [0, 0.1) is 18.6 Å². The molecule has 25 heavy (non-hydrogen) atoms. The molecule has 1 heterocycles. The first-order valence-electron chi connectivity index (χ1n) is 7.42. The predicted molar refractivity (Wildman–Crippen MR) is 95.4 cm³/mol. The van der Waals surface area contributed by atoms with Crippen LogP contribution in [0.25, 0.3) is 11.1 Å². The van der Waals surface area contributed by atoms with Crippen LogP contribution in [0.15, 0.2) is 46.9 Å². The molecule has 0 bridgehead atoms. The minimum absolute atomic E-state index is 0.361. The number of anilines is 1. The molecule has 2 aromatic carbocycles. The second kappa shape index (κ2) is 6.76. The van der Waals surface area contributed by atoms with Crippen molar-refractivity contribution < 1.29 is 13.6 Å². The zero-order valence-corrected chi connectivity index (χ0v) is 15.1. The number of nitrogens with one attached hydrogen (secondary N) is 1. The Bertz CT molecular complexity index is 952. The van der Waals surface area contributed by atoms with E-state index in [-0.39, 0.29) is 5.56 Å². The molecule has 0 saturated heterocycles. The van der Waals surface area contributed by atoms with E-state index in [0.29, 0.717) is 11.5 Å². The normalized spacial score (nSPS) is 10.8. The van der Waals surface area contributed by atoms with Crippen LogP contribution >= 0.6 is 15.9 Å². The second-order valence-electron chi connectivity index (χ2n) is 5.52. The van der Waals surface area contributed by atoms with Crippen molar-refractivity contribution in [2.45, 2.75) is 6.92 Å². The molecular formula is C18H14BrF2N3O. The summed E-state index contributed by atoms with van der Waals surface area (Å²) in [6.45, 7) is 1.82. The lowest BCUT2D eigenvalue weighted by Gasteiger charge is -2.10. The van der Waals surface area contributed by atoms with Gasteiger partial charge < -0.3 is 5.32 Å². The van der Waals surface area contributed by atoms with Crippen molar-refractivity contribution in [3.05, 3.63) is 69.8 Å². The number of nitrogens with zero attached hydrogens (tertiary/aromatic N) is 2. The molecule has 0 radical (unpaired) electrons. The van der Waals surface area contributed by atoms with Crippen molar-refractivity contribution in [1.82, 2.24) is 9.78 Å². The summed E-state index contributed by atoms with van der Waals surface area (Å²) in [5.41, 5.74) is 1.92. The molecule has 0 spiro atoms. The number of benzene rings is 2. The Morgan fingerprint density at radius 2 is 1.84 bits per heavy atom. The summed E-state index contributed by atoms with van der Waals surface area (Å²) >= 11 is 3.38. The van der Waals surface area contributed by atoms with Gasteiger partial charge in [-0.1, -0.05) is 28.1 Å². The van der Waals surface area contributed by atoms with Gasteiger partial charge in [0.15, 0.2) is 0 Å². The number of halogens is 3. The number of hydrogen-bond donors (Lipinski definition) is 1. The highest BCUT2D eigenvalue weighted by molar-refractivity contribution is 9.10. The van der Waals surface area contributed by atoms with E-state index >= 15 is 0 Å². The van der Waals surface area contributed by atoms with Crippen molar-refractivity contribution in [1.29, 1.82) is 0 Å². The number of carbonyl (C=O) groups excluding carboxylic acids is 1. The van der Waals surface area contributed by atoms with Crippen LogP contribution in [-0.2, 0) is 7.05 Å². The highest BCUT2D eigenvalue weighted by atomic mass is 79.9. The summed E-state index contributed by atoms with van der Waals surface area (Å²) in [7, 11) is 1.67. The molecule has 0 unspecified atom stereocenters. The number of amides is 1. The Labute approximate surface area is 151 Å². The van der Waals surface area contributed by atoms with Crippen molar-refractivity contribution in [3.63, 3.8) is 0 Å². The number of hydrogen-bond acceptors (Lipinski definition) is 2.